The molecule has 1 N–H and O–H groups in total. The average molecular weight is 293 g/mol. The van der Waals surface area contributed by atoms with Crippen molar-refractivity contribution < 1.29 is 0 Å². The number of fused-ring (bicyclic) bond motifs is 1. The molecule has 2 nitrogen and oxygen atoms in total. The first-order valence-electron chi connectivity index (χ1n) is 9.86. The van der Waals surface area contributed by atoms with Gasteiger partial charge in [0.05, 0.1) is 0 Å². The van der Waals surface area contributed by atoms with Crippen LogP contribution < -0.4 is 5.32 Å². The molecule has 2 saturated carbocycles. The van der Waals surface area contributed by atoms with Crippen LogP contribution in [0.15, 0.2) is 0 Å². The van der Waals surface area contributed by atoms with E-state index >= 15 is 0 Å². The zero-order chi connectivity index (χ0) is 14.5. The molecule has 0 aromatic rings. The van der Waals surface area contributed by atoms with Crippen LogP contribution in [0.25, 0.3) is 0 Å². The summed E-state index contributed by atoms with van der Waals surface area (Å²) in [6.07, 6.45) is 16.0. The maximum absolute atomic E-state index is 3.88. The van der Waals surface area contributed by atoms with Gasteiger partial charge in [-0.1, -0.05) is 39.0 Å². The van der Waals surface area contributed by atoms with Gasteiger partial charge in [0.2, 0.25) is 0 Å². The van der Waals surface area contributed by atoms with Crippen LogP contribution in [0, 0.1) is 11.8 Å². The van der Waals surface area contributed by atoms with Gasteiger partial charge >= 0.3 is 0 Å². The predicted molar refractivity (Wildman–Crippen MR) is 90.6 cm³/mol. The van der Waals surface area contributed by atoms with Crippen LogP contribution in [0.1, 0.15) is 77.6 Å². The summed E-state index contributed by atoms with van der Waals surface area (Å²) in [4.78, 5) is 2.90. The summed E-state index contributed by atoms with van der Waals surface area (Å²) in [5.74, 6) is 1.96. The summed E-state index contributed by atoms with van der Waals surface area (Å²) >= 11 is 0. The Hall–Kier alpha value is -0.0800. The molecule has 2 heteroatoms. The van der Waals surface area contributed by atoms with Gasteiger partial charge in [0, 0.05) is 18.6 Å². The molecule has 0 radical (unpaired) electrons. The highest BCUT2D eigenvalue weighted by Gasteiger charge is 2.37. The van der Waals surface area contributed by atoms with Gasteiger partial charge in [0.25, 0.3) is 0 Å². The quantitative estimate of drug-likeness (QED) is 0.764. The monoisotopic (exact) mass is 292 g/mol. The van der Waals surface area contributed by atoms with Crippen molar-refractivity contribution in [1.29, 1.82) is 0 Å². The molecular weight excluding hydrogens is 256 g/mol. The van der Waals surface area contributed by atoms with Crippen molar-refractivity contribution in [2.45, 2.75) is 89.6 Å². The Morgan fingerprint density at radius 1 is 0.905 bits per heavy atom. The van der Waals surface area contributed by atoms with Gasteiger partial charge in [0.1, 0.15) is 0 Å². The van der Waals surface area contributed by atoms with Crippen LogP contribution in [0.4, 0.5) is 0 Å². The molecule has 1 saturated heterocycles. The molecule has 0 spiro atoms. The van der Waals surface area contributed by atoms with Crippen LogP contribution in [0.2, 0.25) is 0 Å². The first-order chi connectivity index (χ1) is 10.4. The van der Waals surface area contributed by atoms with Crippen molar-refractivity contribution >= 4 is 0 Å². The van der Waals surface area contributed by atoms with E-state index in [9.17, 15) is 0 Å². The van der Waals surface area contributed by atoms with Gasteiger partial charge in [-0.05, 0) is 63.5 Å². The molecule has 3 aliphatic rings. The van der Waals surface area contributed by atoms with Crippen LogP contribution in [0.3, 0.4) is 0 Å². The fraction of sp³-hybridized carbons (Fsp3) is 1.00. The lowest BCUT2D eigenvalue weighted by Gasteiger charge is -2.36. The molecule has 4 atom stereocenters. The topological polar surface area (TPSA) is 15.3 Å². The number of likely N-dealkylation sites (tertiary alicyclic amines) is 1. The second-order valence-corrected chi connectivity index (χ2v) is 7.85. The van der Waals surface area contributed by atoms with E-state index in [2.05, 4.69) is 17.1 Å². The van der Waals surface area contributed by atoms with Crippen molar-refractivity contribution in [2.75, 3.05) is 19.6 Å². The second kappa shape index (κ2) is 7.97. The first kappa shape index (κ1) is 15.8. The van der Waals surface area contributed by atoms with Gasteiger partial charge in [-0.25, -0.2) is 0 Å². The van der Waals surface area contributed by atoms with Gasteiger partial charge in [0.15, 0.2) is 0 Å². The standard InChI is InChI=1S/C19H36N2/c1-2-13-20-18-10-5-3-4-9-17(18)15-21-14-12-16-8-6-7-11-19(16)21/h16-20H,2-15H2,1H3. The molecule has 4 unspecified atom stereocenters. The maximum atomic E-state index is 3.88. The van der Waals surface area contributed by atoms with Gasteiger partial charge in [-0.2, -0.15) is 0 Å². The zero-order valence-corrected chi connectivity index (χ0v) is 14.2. The normalized spacial score (nSPS) is 38.1. The van der Waals surface area contributed by atoms with Gasteiger partial charge in [-0.3, -0.25) is 4.90 Å². The summed E-state index contributed by atoms with van der Waals surface area (Å²) < 4.78 is 0. The van der Waals surface area contributed by atoms with E-state index in [1.165, 1.54) is 90.3 Å². The van der Waals surface area contributed by atoms with Crippen molar-refractivity contribution in [3.8, 4) is 0 Å². The van der Waals surface area contributed by atoms with E-state index in [1.54, 1.807) is 0 Å². The van der Waals surface area contributed by atoms with Crippen LogP contribution in [0.5, 0.6) is 0 Å². The zero-order valence-electron chi connectivity index (χ0n) is 14.2. The molecule has 3 rings (SSSR count). The lowest BCUT2D eigenvalue weighted by atomic mass is 9.84. The van der Waals surface area contributed by atoms with E-state index in [0.717, 1.165) is 23.9 Å². The maximum Gasteiger partial charge on any atom is 0.0124 e. The Labute approximate surface area is 132 Å². The van der Waals surface area contributed by atoms with Crippen molar-refractivity contribution in [3.05, 3.63) is 0 Å². The Morgan fingerprint density at radius 3 is 2.62 bits per heavy atom. The number of hydrogen-bond donors (Lipinski definition) is 1. The number of hydrogen-bond acceptors (Lipinski definition) is 2. The summed E-state index contributed by atoms with van der Waals surface area (Å²) in [7, 11) is 0. The van der Waals surface area contributed by atoms with E-state index in [4.69, 9.17) is 0 Å². The number of rotatable bonds is 5. The van der Waals surface area contributed by atoms with E-state index in [0.29, 0.717) is 0 Å². The minimum absolute atomic E-state index is 0.801. The fourth-order valence-electron chi connectivity index (χ4n) is 5.23. The summed E-state index contributed by atoms with van der Waals surface area (Å²) in [6.45, 7) is 6.30. The molecule has 21 heavy (non-hydrogen) atoms. The second-order valence-electron chi connectivity index (χ2n) is 7.85. The van der Waals surface area contributed by atoms with E-state index in [-0.39, 0.29) is 0 Å². The molecule has 0 bridgehead atoms. The highest BCUT2D eigenvalue weighted by Crippen LogP contribution is 2.37. The molecule has 3 fully saturated rings. The van der Waals surface area contributed by atoms with Crippen LogP contribution >= 0.6 is 0 Å². The molecule has 1 aliphatic heterocycles. The summed E-state index contributed by atoms with van der Waals surface area (Å²) in [6, 6.07) is 1.75. The van der Waals surface area contributed by atoms with Gasteiger partial charge in [-0.15, -0.1) is 0 Å². The first-order valence-corrected chi connectivity index (χ1v) is 9.86. The average Bonchev–Trinajstić information content (AvgIpc) is 2.78. The summed E-state index contributed by atoms with van der Waals surface area (Å²) in [5, 5.41) is 3.88. The minimum atomic E-state index is 0.801. The third-order valence-electron chi connectivity index (χ3n) is 6.41. The van der Waals surface area contributed by atoms with E-state index in [1.807, 2.05) is 0 Å². The van der Waals surface area contributed by atoms with Crippen LogP contribution in [-0.4, -0.2) is 36.6 Å². The lowest BCUT2D eigenvalue weighted by Crippen LogP contribution is -2.44. The van der Waals surface area contributed by atoms with Crippen molar-refractivity contribution in [2.24, 2.45) is 11.8 Å². The Bertz CT molecular complexity index is 304. The van der Waals surface area contributed by atoms with Crippen molar-refractivity contribution in [3.63, 3.8) is 0 Å². The Balaban J connectivity index is 1.57. The molecule has 0 aromatic heterocycles. The molecule has 1 heterocycles. The predicted octanol–water partition coefficient (Wildman–Crippen LogP) is 4.20. The Kier molecular flexibility index (Phi) is 5.99. The number of nitrogens with one attached hydrogen (secondary N) is 1. The largest absolute Gasteiger partial charge is 0.314 e. The van der Waals surface area contributed by atoms with Crippen molar-refractivity contribution in [1.82, 2.24) is 10.2 Å². The van der Waals surface area contributed by atoms with Gasteiger partial charge < -0.3 is 5.32 Å². The minimum Gasteiger partial charge on any atom is -0.314 e. The van der Waals surface area contributed by atoms with Crippen LogP contribution in [-0.2, 0) is 0 Å². The third kappa shape index (κ3) is 4.01. The molecule has 0 aromatic carbocycles. The Morgan fingerprint density at radius 2 is 1.71 bits per heavy atom. The highest BCUT2D eigenvalue weighted by atomic mass is 15.2. The molecular formula is C19H36N2. The fourth-order valence-corrected chi connectivity index (χ4v) is 5.23. The van der Waals surface area contributed by atoms with E-state index < -0.39 is 0 Å². The summed E-state index contributed by atoms with van der Waals surface area (Å²) in [5.41, 5.74) is 0. The smallest absolute Gasteiger partial charge is 0.0124 e. The third-order valence-corrected chi connectivity index (χ3v) is 6.41. The molecule has 122 valence electrons. The highest BCUT2D eigenvalue weighted by molar-refractivity contribution is 4.92. The molecule has 0 amide bonds. The lowest BCUT2D eigenvalue weighted by molar-refractivity contribution is 0.142. The number of nitrogens with zero attached hydrogens (tertiary/aromatic N) is 1. The SMILES string of the molecule is CCCNC1CCCCCC1CN1CCC2CCCCC21. The molecule has 2 aliphatic carbocycles.